The molecule has 6 amide bonds. The summed E-state index contributed by atoms with van der Waals surface area (Å²) < 4.78 is 28.5. The van der Waals surface area contributed by atoms with Crippen molar-refractivity contribution >= 4 is 41.3 Å². The van der Waals surface area contributed by atoms with Gasteiger partial charge in [-0.2, -0.15) is 0 Å². The lowest BCUT2D eigenvalue weighted by atomic mass is 9.88. The Morgan fingerprint density at radius 2 is 1.34 bits per heavy atom. The summed E-state index contributed by atoms with van der Waals surface area (Å²) in [5.41, 5.74) is 2.48. The number of rotatable bonds is 27. The van der Waals surface area contributed by atoms with E-state index in [1.165, 1.54) is 17.7 Å². The van der Waals surface area contributed by atoms with Gasteiger partial charge in [0.05, 0.1) is 78.7 Å². The van der Waals surface area contributed by atoms with Gasteiger partial charge in [0, 0.05) is 24.3 Å². The SMILES string of the molecule is CC(C)[C@H](NC(=O)CCOCCOCCOCCn1cc(CNC(=O)OCCOCCN2C(=O)C=CC2=O)nn1)C(=O)N[C@@H](C)C(=O)Nc1ccc(CC(C)(C)C)cc1. The Morgan fingerprint density at radius 1 is 0.746 bits per heavy atom. The number of aromatic nitrogens is 3. The molecule has 0 unspecified atom stereocenters. The van der Waals surface area contributed by atoms with Crippen LogP contribution in [-0.2, 0) is 67.2 Å². The van der Waals surface area contributed by atoms with Gasteiger partial charge in [0.2, 0.25) is 17.7 Å². The Bertz CT molecular complexity index is 1670. The Hall–Kier alpha value is -5.24. The minimum absolute atomic E-state index is 0.00675. The van der Waals surface area contributed by atoms with Gasteiger partial charge < -0.3 is 45.0 Å². The molecule has 0 radical (unpaired) electrons. The fraction of sp³-hybridized carbons (Fsp3) is 0.600. The number of ether oxygens (including phenoxy) is 5. The Balaban J connectivity index is 1.16. The summed E-state index contributed by atoms with van der Waals surface area (Å²) >= 11 is 0. The molecule has 1 aromatic carbocycles. The third-order valence-corrected chi connectivity index (χ3v) is 8.48. The summed E-state index contributed by atoms with van der Waals surface area (Å²) in [5, 5.41) is 18.9. The molecule has 3 rings (SSSR count). The lowest BCUT2D eigenvalue weighted by Gasteiger charge is -2.24. The lowest BCUT2D eigenvalue weighted by molar-refractivity contribution is -0.137. The molecular formula is C40H60N8O11. The highest BCUT2D eigenvalue weighted by Gasteiger charge is 2.27. The van der Waals surface area contributed by atoms with E-state index in [-0.39, 0.29) is 87.5 Å². The minimum atomic E-state index is -0.823. The van der Waals surface area contributed by atoms with E-state index in [1.54, 1.807) is 17.8 Å². The summed E-state index contributed by atoms with van der Waals surface area (Å²) in [6.45, 7) is 14.4. The van der Waals surface area contributed by atoms with Crippen LogP contribution in [0.3, 0.4) is 0 Å². The second-order valence-electron chi connectivity index (χ2n) is 15.3. The number of hydrogen-bond acceptors (Lipinski definition) is 13. The molecule has 1 aliphatic rings. The van der Waals surface area contributed by atoms with Gasteiger partial charge in [-0.25, -0.2) is 9.48 Å². The van der Waals surface area contributed by atoms with Crippen molar-refractivity contribution in [3.8, 4) is 0 Å². The number of nitrogens with zero attached hydrogens (tertiary/aromatic N) is 4. The molecule has 326 valence electrons. The summed E-state index contributed by atoms with van der Waals surface area (Å²) in [5.74, 6) is -2.13. The Morgan fingerprint density at radius 3 is 1.97 bits per heavy atom. The molecule has 0 saturated carbocycles. The number of nitrogens with one attached hydrogen (secondary N) is 4. The average molecular weight is 829 g/mol. The van der Waals surface area contributed by atoms with Gasteiger partial charge in [-0.05, 0) is 42.4 Å². The van der Waals surface area contributed by atoms with Gasteiger partial charge in [-0.15, -0.1) is 5.10 Å². The minimum Gasteiger partial charge on any atom is -0.447 e. The van der Waals surface area contributed by atoms with Gasteiger partial charge in [0.15, 0.2) is 0 Å². The van der Waals surface area contributed by atoms with Crippen LogP contribution in [0.15, 0.2) is 42.6 Å². The molecule has 1 aromatic heterocycles. The third kappa shape index (κ3) is 19.4. The molecule has 59 heavy (non-hydrogen) atoms. The molecule has 2 atom stereocenters. The van der Waals surface area contributed by atoms with Crippen molar-refractivity contribution < 1.29 is 52.5 Å². The molecule has 0 aliphatic carbocycles. The van der Waals surface area contributed by atoms with Crippen LogP contribution in [0.2, 0.25) is 0 Å². The number of amides is 6. The highest BCUT2D eigenvalue weighted by atomic mass is 16.6. The van der Waals surface area contributed by atoms with Crippen molar-refractivity contribution in [1.82, 2.24) is 35.8 Å². The Labute approximate surface area is 345 Å². The average Bonchev–Trinajstić information content (AvgIpc) is 3.77. The quantitative estimate of drug-likeness (QED) is 0.0744. The van der Waals surface area contributed by atoms with Crippen molar-refractivity contribution in [2.45, 2.75) is 79.6 Å². The number of hydrogen-bond donors (Lipinski definition) is 4. The van der Waals surface area contributed by atoms with Crippen molar-refractivity contribution in [2.24, 2.45) is 11.3 Å². The molecule has 4 N–H and O–H groups in total. The second kappa shape index (κ2) is 25.3. The molecule has 0 saturated heterocycles. The summed E-state index contributed by atoms with van der Waals surface area (Å²) in [4.78, 5) is 74.3. The number of anilines is 1. The standard InChI is InChI=1S/C40H60N8O11/c1-28(2)36(38(53)42-29(3)37(52)43-31-9-7-30(8-10-31)25-40(4,5)6)44-33(49)13-16-55-19-21-58-22-20-56-17-14-47-27-32(45-46-47)26-41-39(54)59-24-23-57-18-15-48-34(50)11-12-35(48)51/h7-12,27-29,36H,13-26H2,1-6H3,(H,41,54)(H,42,53)(H,43,52)(H,44,49)/t29-,36-/m0/s1. The fourth-order valence-electron chi connectivity index (χ4n) is 5.43. The number of carbonyl (C=O) groups excluding carboxylic acids is 6. The predicted molar refractivity (Wildman–Crippen MR) is 215 cm³/mol. The first-order valence-electron chi connectivity index (χ1n) is 19.7. The number of benzene rings is 1. The van der Waals surface area contributed by atoms with E-state index in [0.717, 1.165) is 11.3 Å². The summed E-state index contributed by atoms with van der Waals surface area (Å²) in [6.07, 6.45) is 4.38. The maximum Gasteiger partial charge on any atom is 0.407 e. The van der Waals surface area contributed by atoms with Gasteiger partial charge in [-0.3, -0.25) is 28.9 Å². The highest BCUT2D eigenvalue weighted by Crippen LogP contribution is 2.21. The van der Waals surface area contributed by atoms with E-state index < -0.39 is 24.1 Å². The van der Waals surface area contributed by atoms with Crippen LogP contribution in [0.5, 0.6) is 0 Å². The topological polar surface area (TPSA) is 231 Å². The van der Waals surface area contributed by atoms with Crippen molar-refractivity contribution in [2.75, 3.05) is 71.3 Å². The van der Waals surface area contributed by atoms with Gasteiger partial charge >= 0.3 is 6.09 Å². The third-order valence-electron chi connectivity index (χ3n) is 8.48. The lowest BCUT2D eigenvalue weighted by Crippen LogP contribution is -2.53. The zero-order valence-electron chi connectivity index (χ0n) is 35.0. The fourth-order valence-corrected chi connectivity index (χ4v) is 5.43. The number of carbonyl (C=O) groups is 6. The van der Waals surface area contributed by atoms with Crippen molar-refractivity contribution in [1.29, 1.82) is 0 Å². The molecule has 1 aliphatic heterocycles. The van der Waals surface area contributed by atoms with Crippen LogP contribution in [0.1, 0.15) is 59.2 Å². The van der Waals surface area contributed by atoms with E-state index in [4.69, 9.17) is 23.7 Å². The zero-order chi connectivity index (χ0) is 43.2. The Kier molecular flexibility index (Phi) is 20.6. The zero-order valence-corrected chi connectivity index (χ0v) is 35.0. The van der Waals surface area contributed by atoms with E-state index in [9.17, 15) is 28.8 Å². The molecule has 0 bridgehead atoms. The summed E-state index contributed by atoms with van der Waals surface area (Å²) in [7, 11) is 0. The van der Waals surface area contributed by atoms with Crippen LogP contribution in [0.25, 0.3) is 0 Å². The van der Waals surface area contributed by atoms with E-state index in [1.807, 2.05) is 38.1 Å². The van der Waals surface area contributed by atoms with Crippen LogP contribution >= 0.6 is 0 Å². The van der Waals surface area contributed by atoms with Crippen molar-refractivity contribution in [3.05, 3.63) is 53.9 Å². The largest absolute Gasteiger partial charge is 0.447 e. The first kappa shape index (κ1) is 48.1. The molecule has 2 aromatic rings. The number of alkyl carbamates (subject to hydrolysis) is 1. The van der Waals surface area contributed by atoms with Crippen LogP contribution in [0, 0.1) is 11.3 Å². The number of imide groups is 1. The van der Waals surface area contributed by atoms with Crippen molar-refractivity contribution in [3.63, 3.8) is 0 Å². The monoisotopic (exact) mass is 828 g/mol. The molecular weight excluding hydrogens is 768 g/mol. The molecule has 2 heterocycles. The van der Waals surface area contributed by atoms with Crippen LogP contribution in [-0.4, -0.2) is 134 Å². The van der Waals surface area contributed by atoms with Crippen LogP contribution < -0.4 is 21.3 Å². The normalized spacial score (nSPS) is 13.7. The van der Waals surface area contributed by atoms with Crippen LogP contribution in [0.4, 0.5) is 10.5 Å². The van der Waals surface area contributed by atoms with Gasteiger partial charge in [0.1, 0.15) is 24.4 Å². The maximum atomic E-state index is 13.0. The van der Waals surface area contributed by atoms with E-state index in [0.29, 0.717) is 44.4 Å². The predicted octanol–water partition coefficient (Wildman–Crippen LogP) is 1.76. The summed E-state index contributed by atoms with van der Waals surface area (Å²) in [6, 6.07) is 6.00. The smallest absolute Gasteiger partial charge is 0.407 e. The maximum absolute atomic E-state index is 13.0. The molecule has 0 fully saturated rings. The second-order valence-corrected chi connectivity index (χ2v) is 15.3. The molecule has 19 heteroatoms. The first-order chi connectivity index (χ1) is 28.1. The molecule has 0 spiro atoms. The first-order valence-corrected chi connectivity index (χ1v) is 19.7. The van der Waals surface area contributed by atoms with E-state index in [2.05, 4.69) is 52.4 Å². The van der Waals surface area contributed by atoms with Gasteiger partial charge in [0.25, 0.3) is 11.8 Å². The molecule has 19 nitrogen and oxygen atoms in total. The van der Waals surface area contributed by atoms with E-state index >= 15 is 0 Å². The highest BCUT2D eigenvalue weighted by molar-refractivity contribution is 6.12. The van der Waals surface area contributed by atoms with Gasteiger partial charge in [-0.1, -0.05) is 52.0 Å².